The summed E-state index contributed by atoms with van der Waals surface area (Å²) < 4.78 is 31.4. The number of hydrogen-bond acceptors (Lipinski definition) is 6. The molecule has 0 bridgehead atoms. The number of unbranched alkanes of at least 4 members (excludes halogenated alkanes) is 1. The fraction of sp³-hybridized carbons (Fsp3) is 0.516. The van der Waals surface area contributed by atoms with E-state index >= 15 is 0 Å². The highest BCUT2D eigenvalue weighted by atomic mass is 32.1. The van der Waals surface area contributed by atoms with E-state index in [-0.39, 0.29) is 5.82 Å². The number of thiophene rings is 1. The van der Waals surface area contributed by atoms with Crippen LogP contribution in [-0.4, -0.2) is 45.9 Å². The predicted molar refractivity (Wildman–Crippen MR) is 152 cm³/mol. The Morgan fingerprint density at radius 2 is 1.71 bits per heavy atom. The van der Waals surface area contributed by atoms with Crippen LogP contribution in [0.2, 0.25) is 0 Å². The third-order valence-electron chi connectivity index (χ3n) is 8.06. The molecule has 204 valence electrons. The minimum atomic E-state index is -0.605. The molecule has 5 nitrogen and oxygen atoms in total. The van der Waals surface area contributed by atoms with Crippen LogP contribution < -0.4 is 14.2 Å². The van der Waals surface area contributed by atoms with Crippen molar-refractivity contribution in [1.82, 2.24) is 4.90 Å². The van der Waals surface area contributed by atoms with Crippen molar-refractivity contribution >= 4 is 21.4 Å². The van der Waals surface area contributed by atoms with Gasteiger partial charge in [0.1, 0.15) is 5.82 Å². The Kier molecular flexibility index (Phi) is 9.51. The smallest absolute Gasteiger partial charge is 0.203 e. The van der Waals surface area contributed by atoms with Crippen LogP contribution in [0.25, 0.3) is 10.1 Å². The second-order valence-electron chi connectivity index (χ2n) is 10.3. The van der Waals surface area contributed by atoms with Gasteiger partial charge in [0.25, 0.3) is 0 Å². The number of halogens is 1. The average molecular weight is 539 g/mol. The number of piperidine rings is 1. The molecule has 1 atom stereocenters. The summed E-state index contributed by atoms with van der Waals surface area (Å²) in [5.41, 5.74) is 1.70. The molecule has 1 aromatic heterocycles. The summed E-state index contributed by atoms with van der Waals surface area (Å²) in [5.74, 6) is 2.08. The topological polar surface area (TPSA) is 54.7 Å². The van der Waals surface area contributed by atoms with Crippen LogP contribution in [0, 0.1) is 17.1 Å². The Balaban J connectivity index is 1.42. The molecule has 0 N–H and O–H groups in total. The molecule has 1 saturated heterocycles. The first-order chi connectivity index (χ1) is 18.5. The summed E-state index contributed by atoms with van der Waals surface area (Å²) >= 11 is 1.64. The maximum atomic E-state index is 13.6. The van der Waals surface area contributed by atoms with Crippen LogP contribution in [-0.2, 0) is 5.41 Å². The Labute approximate surface area is 230 Å². The number of fused-ring (bicyclic) bond motifs is 1. The van der Waals surface area contributed by atoms with Crippen LogP contribution in [0.5, 0.6) is 17.2 Å². The molecule has 2 heterocycles. The lowest BCUT2D eigenvalue weighted by molar-refractivity contribution is 0.204. The summed E-state index contributed by atoms with van der Waals surface area (Å²) in [5, 5.41) is 13.9. The SMILES string of the molecule is CCCCC(C#N)(CCCN1CCC(c2csc3cc(F)ccc23)CC1)c1cc(OC)c(OC)c(OC)c1. The number of ether oxygens (including phenoxy) is 3. The first-order valence-electron chi connectivity index (χ1n) is 13.6. The zero-order chi connectivity index (χ0) is 27.1. The normalized spacial score (nSPS) is 16.2. The number of methoxy groups -OCH3 is 3. The summed E-state index contributed by atoms with van der Waals surface area (Å²) in [4.78, 5) is 2.53. The van der Waals surface area contributed by atoms with Gasteiger partial charge in [0.05, 0.1) is 32.8 Å². The molecular formula is C31H39FN2O3S. The maximum absolute atomic E-state index is 13.6. The van der Waals surface area contributed by atoms with Crippen molar-refractivity contribution in [2.45, 2.75) is 63.2 Å². The van der Waals surface area contributed by atoms with Gasteiger partial charge in [-0.15, -0.1) is 11.3 Å². The third kappa shape index (κ3) is 5.92. The van der Waals surface area contributed by atoms with E-state index in [0.717, 1.165) is 74.8 Å². The predicted octanol–water partition coefficient (Wildman–Crippen LogP) is 7.68. The van der Waals surface area contributed by atoms with Crippen LogP contribution in [0.3, 0.4) is 0 Å². The molecule has 1 aliphatic rings. The molecule has 1 unspecified atom stereocenters. The first kappa shape index (κ1) is 28.2. The van der Waals surface area contributed by atoms with Gasteiger partial charge in [-0.25, -0.2) is 4.39 Å². The van der Waals surface area contributed by atoms with Crippen molar-refractivity contribution in [2.75, 3.05) is 41.0 Å². The average Bonchev–Trinajstić information content (AvgIpc) is 3.37. The molecule has 1 fully saturated rings. The molecule has 2 aromatic carbocycles. The lowest BCUT2D eigenvalue weighted by Crippen LogP contribution is -2.35. The lowest BCUT2D eigenvalue weighted by atomic mass is 9.74. The lowest BCUT2D eigenvalue weighted by Gasteiger charge is -2.33. The number of nitrogens with zero attached hydrogens (tertiary/aromatic N) is 2. The van der Waals surface area contributed by atoms with Gasteiger partial charge in [0.2, 0.25) is 5.75 Å². The van der Waals surface area contributed by atoms with Crippen LogP contribution in [0.4, 0.5) is 4.39 Å². The van der Waals surface area contributed by atoms with Crippen molar-refractivity contribution in [3.8, 4) is 23.3 Å². The van der Waals surface area contributed by atoms with E-state index in [1.165, 1.54) is 10.9 Å². The second kappa shape index (κ2) is 12.8. The molecule has 0 saturated carbocycles. The quantitative estimate of drug-likeness (QED) is 0.237. The van der Waals surface area contributed by atoms with Gasteiger partial charge in [-0.3, -0.25) is 0 Å². The Hall–Kier alpha value is -2.82. The molecule has 7 heteroatoms. The van der Waals surface area contributed by atoms with Gasteiger partial charge < -0.3 is 19.1 Å². The molecule has 0 spiro atoms. The molecular weight excluding hydrogens is 499 g/mol. The summed E-state index contributed by atoms with van der Waals surface area (Å²) in [6, 6.07) is 11.7. The van der Waals surface area contributed by atoms with Gasteiger partial charge in [-0.1, -0.05) is 25.8 Å². The van der Waals surface area contributed by atoms with Crippen molar-refractivity contribution < 1.29 is 18.6 Å². The van der Waals surface area contributed by atoms with Crippen LogP contribution >= 0.6 is 11.3 Å². The molecule has 0 aliphatic carbocycles. The highest BCUT2D eigenvalue weighted by Crippen LogP contribution is 2.44. The van der Waals surface area contributed by atoms with Crippen LogP contribution in [0.15, 0.2) is 35.7 Å². The second-order valence-corrected chi connectivity index (χ2v) is 11.2. The summed E-state index contributed by atoms with van der Waals surface area (Å²) in [6.07, 6.45) is 6.75. The number of benzene rings is 2. The van der Waals surface area contributed by atoms with E-state index in [9.17, 15) is 9.65 Å². The molecule has 4 rings (SSSR count). The number of likely N-dealkylation sites (tertiary alicyclic amines) is 1. The van der Waals surface area contributed by atoms with Crippen molar-refractivity contribution in [3.63, 3.8) is 0 Å². The highest BCUT2D eigenvalue weighted by molar-refractivity contribution is 7.17. The Bertz CT molecular complexity index is 1240. The number of nitriles is 1. The molecule has 0 amide bonds. The molecule has 38 heavy (non-hydrogen) atoms. The fourth-order valence-corrected chi connectivity index (χ4v) is 6.90. The third-order valence-corrected chi connectivity index (χ3v) is 9.02. The van der Waals surface area contributed by atoms with Gasteiger partial charge in [0.15, 0.2) is 11.5 Å². The monoisotopic (exact) mass is 538 g/mol. The maximum Gasteiger partial charge on any atom is 0.203 e. The van der Waals surface area contributed by atoms with E-state index < -0.39 is 5.41 Å². The van der Waals surface area contributed by atoms with Crippen molar-refractivity contribution in [1.29, 1.82) is 5.26 Å². The number of hydrogen-bond donors (Lipinski definition) is 0. The van der Waals surface area contributed by atoms with Crippen molar-refractivity contribution in [2.24, 2.45) is 0 Å². The van der Waals surface area contributed by atoms with E-state index in [1.54, 1.807) is 44.8 Å². The molecule has 1 aliphatic heterocycles. The highest BCUT2D eigenvalue weighted by Gasteiger charge is 2.34. The summed E-state index contributed by atoms with van der Waals surface area (Å²) in [7, 11) is 4.82. The summed E-state index contributed by atoms with van der Waals surface area (Å²) in [6.45, 7) is 5.22. The Morgan fingerprint density at radius 3 is 2.32 bits per heavy atom. The zero-order valence-electron chi connectivity index (χ0n) is 23.0. The van der Waals surface area contributed by atoms with E-state index in [4.69, 9.17) is 14.2 Å². The molecule has 3 aromatic rings. The van der Waals surface area contributed by atoms with Crippen LogP contribution in [0.1, 0.15) is 68.9 Å². The Morgan fingerprint density at radius 1 is 1.03 bits per heavy atom. The van der Waals surface area contributed by atoms with E-state index in [1.807, 2.05) is 18.2 Å². The van der Waals surface area contributed by atoms with E-state index in [0.29, 0.717) is 23.2 Å². The fourth-order valence-electron chi connectivity index (χ4n) is 5.84. The minimum Gasteiger partial charge on any atom is -0.493 e. The van der Waals surface area contributed by atoms with Gasteiger partial charge in [-0.2, -0.15) is 5.26 Å². The zero-order valence-corrected chi connectivity index (χ0v) is 23.8. The first-order valence-corrected chi connectivity index (χ1v) is 14.5. The van der Waals surface area contributed by atoms with E-state index in [2.05, 4.69) is 23.3 Å². The van der Waals surface area contributed by atoms with Gasteiger partial charge in [0, 0.05) is 4.70 Å². The minimum absolute atomic E-state index is 0.167. The van der Waals surface area contributed by atoms with Gasteiger partial charge >= 0.3 is 0 Å². The standard InChI is InChI=1S/C31H39FN2O3S/c1-5-6-12-31(21-33,23-17-27(35-2)30(37-4)28(18-23)36-3)13-7-14-34-15-10-22(11-16-34)26-20-38-29-19-24(32)8-9-25(26)29/h8-9,17-20,22H,5-7,10-16H2,1-4H3. The number of rotatable bonds is 12. The van der Waals surface area contributed by atoms with Gasteiger partial charge in [-0.05, 0) is 104 Å². The largest absolute Gasteiger partial charge is 0.493 e. The molecule has 0 radical (unpaired) electrons. The van der Waals surface area contributed by atoms with Crippen molar-refractivity contribution in [3.05, 3.63) is 52.7 Å².